The molecule has 0 saturated carbocycles. The number of phosphoric ester groups is 1. The van der Waals surface area contributed by atoms with E-state index in [9.17, 15) is 19.3 Å². The molecule has 0 aliphatic rings. The van der Waals surface area contributed by atoms with E-state index in [2.05, 4.69) is 43.5 Å². The molecule has 0 spiro atoms. The number of phosphoric acid groups is 1. The van der Waals surface area contributed by atoms with Gasteiger partial charge < -0.3 is 24.4 Å². The van der Waals surface area contributed by atoms with E-state index in [0.717, 1.165) is 50.9 Å². The highest BCUT2D eigenvalue weighted by molar-refractivity contribution is 7.46. The maximum absolute atomic E-state index is 12.4. The van der Waals surface area contributed by atoms with Gasteiger partial charge >= 0.3 is 19.8 Å². The fourth-order valence-corrected chi connectivity index (χ4v) is 6.68. The van der Waals surface area contributed by atoms with Crippen molar-refractivity contribution in [1.29, 1.82) is 0 Å². The van der Waals surface area contributed by atoms with E-state index in [0.29, 0.717) is 19.3 Å². The Balaban J connectivity index is 4.00. The maximum atomic E-state index is 12.4. The summed E-state index contributed by atoms with van der Waals surface area (Å²) in [6, 6.07) is 0. The van der Waals surface area contributed by atoms with E-state index in [4.69, 9.17) is 19.3 Å². The molecule has 10 heteroatoms. The second-order valence-corrected chi connectivity index (χ2v) is 17.3. The van der Waals surface area contributed by atoms with E-state index in [1.165, 1.54) is 96.3 Å². The van der Waals surface area contributed by atoms with Gasteiger partial charge in [0.15, 0.2) is 6.10 Å². The molecule has 0 rings (SSSR count). The van der Waals surface area contributed by atoms with Crippen LogP contribution in [-0.4, -0.2) is 52.3 Å². The van der Waals surface area contributed by atoms with Crippen molar-refractivity contribution in [3.8, 4) is 0 Å². The topological polar surface area (TPSA) is 140 Å². The lowest BCUT2D eigenvalue weighted by Crippen LogP contribution is -2.29. The number of aliphatic hydroxyl groups is 1. The molecule has 0 aromatic heterocycles. The van der Waals surface area contributed by atoms with E-state index >= 15 is 0 Å². The van der Waals surface area contributed by atoms with Crippen LogP contribution in [0.25, 0.3) is 0 Å². The van der Waals surface area contributed by atoms with Crippen molar-refractivity contribution in [2.75, 3.05) is 13.2 Å². The molecule has 2 atom stereocenters. The molecule has 0 saturated heterocycles. The zero-order valence-corrected chi connectivity index (χ0v) is 38.3. The van der Waals surface area contributed by atoms with Gasteiger partial charge in [-0.1, -0.05) is 209 Å². The second kappa shape index (κ2) is 42.2. The van der Waals surface area contributed by atoms with Crippen LogP contribution < -0.4 is 0 Å². The van der Waals surface area contributed by atoms with Crippen LogP contribution in [0.3, 0.4) is 0 Å². The molecule has 9 nitrogen and oxygen atoms in total. The first-order chi connectivity index (χ1) is 28.5. The number of carbonyl (C=O) groups is 2. The molecule has 0 aliphatic heterocycles. The van der Waals surface area contributed by atoms with Gasteiger partial charge in [0.1, 0.15) is 6.61 Å². The minimum atomic E-state index is -4.79. The van der Waals surface area contributed by atoms with Gasteiger partial charge in [-0.3, -0.25) is 14.1 Å². The number of esters is 2. The van der Waals surface area contributed by atoms with Gasteiger partial charge in [0, 0.05) is 12.8 Å². The number of unbranched alkanes of at least 4 members (excludes halogenated alkanes) is 17. The van der Waals surface area contributed by atoms with Gasteiger partial charge in [0.25, 0.3) is 0 Å². The SMILES string of the molecule is CC/C=C\CC(O)/C=C/C=C/C/C=C\C/C=C\C/C=C\CCC(=O)O[C@H](COC(=O)CCCCCCCCCCCCCCCCCCCCC(C)C)COP(=O)(O)O. The third kappa shape index (κ3) is 46.4. The third-order valence-corrected chi connectivity index (χ3v) is 10.2. The van der Waals surface area contributed by atoms with E-state index in [-0.39, 0.29) is 19.4 Å². The second-order valence-electron chi connectivity index (χ2n) is 16.0. The van der Waals surface area contributed by atoms with Crippen molar-refractivity contribution in [3.63, 3.8) is 0 Å². The summed E-state index contributed by atoms with van der Waals surface area (Å²) in [4.78, 5) is 42.9. The lowest BCUT2D eigenvalue weighted by Gasteiger charge is -2.18. The van der Waals surface area contributed by atoms with E-state index in [1.807, 2.05) is 48.6 Å². The number of hydrogen-bond acceptors (Lipinski definition) is 7. The quantitative estimate of drug-likeness (QED) is 0.0180. The minimum absolute atomic E-state index is 0.0693. The van der Waals surface area contributed by atoms with Crippen LogP contribution in [0.15, 0.2) is 72.9 Å². The first kappa shape index (κ1) is 56.5. The summed E-state index contributed by atoms with van der Waals surface area (Å²) in [7, 11) is -4.79. The Morgan fingerprint density at radius 1 is 0.576 bits per heavy atom. The average molecular weight is 849 g/mol. The molecule has 0 heterocycles. The van der Waals surface area contributed by atoms with Gasteiger partial charge in [-0.05, 0) is 50.9 Å². The predicted octanol–water partition coefficient (Wildman–Crippen LogP) is 13.5. The van der Waals surface area contributed by atoms with E-state index in [1.54, 1.807) is 6.08 Å². The normalized spacial score (nSPS) is 13.7. The minimum Gasteiger partial charge on any atom is -0.462 e. The summed E-state index contributed by atoms with van der Waals surface area (Å²) in [6.07, 6.45) is 51.2. The van der Waals surface area contributed by atoms with Crippen molar-refractivity contribution in [1.82, 2.24) is 0 Å². The Kier molecular flexibility index (Phi) is 40.3. The number of hydrogen-bond donors (Lipinski definition) is 3. The van der Waals surface area contributed by atoms with Crippen molar-refractivity contribution in [2.24, 2.45) is 5.92 Å². The Labute approximate surface area is 360 Å². The highest BCUT2D eigenvalue weighted by Crippen LogP contribution is 2.36. The van der Waals surface area contributed by atoms with E-state index < -0.39 is 38.6 Å². The number of aliphatic hydroxyl groups excluding tert-OH is 1. The molecule has 0 aromatic rings. The predicted molar refractivity (Wildman–Crippen MR) is 245 cm³/mol. The summed E-state index contributed by atoms with van der Waals surface area (Å²) < 4.78 is 26.4. The summed E-state index contributed by atoms with van der Waals surface area (Å²) in [5.41, 5.74) is 0. The first-order valence-corrected chi connectivity index (χ1v) is 24.7. The summed E-state index contributed by atoms with van der Waals surface area (Å²) in [5.74, 6) is -0.158. The van der Waals surface area contributed by atoms with Crippen LogP contribution >= 0.6 is 7.82 Å². The largest absolute Gasteiger partial charge is 0.469 e. The van der Waals surface area contributed by atoms with Crippen molar-refractivity contribution in [2.45, 2.75) is 206 Å². The van der Waals surface area contributed by atoms with Crippen LogP contribution in [0.5, 0.6) is 0 Å². The average Bonchev–Trinajstić information content (AvgIpc) is 3.19. The molecule has 0 radical (unpaired) electrons. The molecule has 340 valence electrons. The van der Waals surface area contributed by atoms with Gasteiger partial charge in [-0.2, -0.15) is 0 Å². The third-order valence-electron chi connectivity index (χ3n) is 9.76. The molecule has 1 unspecified atom stereocenters. The Morgan fingerprint density at radius 2 is 1.07 bits per heavy atom. The molecule has 0 aromatic carbocycles. The van der Waals surface area contributed by atoms with Gasteiger partial charge in [-0.25, -0.2) is 4.57 Å². The summed E-state index contributed by atoms with van der Waals surface area (Å²) in [6.45, 7) is 5.79. The number of allylic oxidation sites excluding steroid dienone is 10. The molecule has 3 N–H and O–H groups in total. The van der Waals surface area contributed by atoms with Crippen molar-refractivity contribution < 1.29 is 43.0 Å². The lowest BCUT2D eigenvalue weighted by atomic mass is 10.0. The fraction of sp³-hybridized carbons (Fsp3) is 0.714. The van der Waals surface area contributed by atoms with Crippen molar-refractivity contribution in [3.05, 3.63) is 72.9 Å². The zero-order chi connectivity index (χ0) is 43.5. The smallest absolute Gasteiger partial charge is 0.462 e. The molecular formula is C49H85O9P. The monoisotopic (exact) mass is 849 g/mol. The Hall–Kier alpha value is -2.55. The molecular weight excluding hydrogens is 764 g/mol. The van der Waals surface area contributed by atoms with Crippen LogP contribution in [0.1, 0.15) is 194 Å². The Morgan fingerprint density at radius 3 is 1.58 bits per heavy atom. The maximum Gasteiger partial charge on any atom is 0.469 e. The number of rotatable bonds is 41. The number of ether oxygens (including phenoxy) is 2. The molecule has 59 heavy (non-hydrogen) atoms. The standard InChI is InChI=1S/C49H85O9P/c1-4-5-33-39-46(50)40-35-30-26-22-18-14-12-16-20-24-28-32-37-42-49(52)58-47(44-57-59(53,54)55)43-56-48(51)41-36-31-27-23-19-15-11-9-7-6-8-10-13-17-21-25-29-34-38-45(2)3/h5,14,16,18,20,26,28,30,32-33,35,40,45-47,50H,4,6-13,15,17,19,21-25,27,29,31,34,36-39,41-44H2,1-3H3,(H2,53,54,55)/b18-14-,20-16-,30-26+,32-28-,33-5-,40-35+/t46?,47-/m1/s1. The van der Waals surface area contributed by atoms with Crippen LogP contribution in [0.2, 0.25) is 0 Å². The van der Waals surface area contributed by atoms with Crippen LogP contribution in [0.4, 0.5) is 0 Å². The first-order valence-electron chi connectivity index (χ1n) is 23.2. The highest BCUT2D eigenvalue weighted by atomic mass is 31.2. The summed E-state index contributed by atoms with van der Waals surface area (Å²) in [5, 5.41) is 9.83. The Bertz CT molecular complexity index is 1210. The summed E-state index contributed by atoms with van der Waals surface area (Å²) >= 11 is 0. The molecule has 0 fully saturated rings. The fourth-order valence-electron chi connectivity index (χ4n) is 6.32. The molecule has 0 bridgehead atoms. The lowest BCUT2D eigenvalue weighted by molar-refractivity contribution is -0.161. The van der Waals surface area contributed by atoms with Crippen LogP contribution in [-0.2, 0) is 28.2 Å². The molecule has 0 amide bonds. The molecule has 0 aliphatic carbocycles. The number of carbonyl (C=O) groups excluding carboxylic acids is 2. The zero-order valence-electron chi connectivity index (χ0n) is 37.4. The van der Waals surface area contributed by atoms with Gasteiger partial charge in [-0.15, -0.1) is 0 Å². The van der Waals surface area contributed by atoms with Gasteiger partial charge in [0.05, 0.1) is 12.7 Å². The van der Waals surface area contributed by atoms with Gasteiger partial charge in [0.2, 0.25) is 0 Å². The highest BCUT2D eigenvalue weighted by Gasteiger charge is 2.22. The van der Waals surface area contributed by atoms with Crippen LogP contribution in [0, 0.1) is 5.92 Å². The van der Waals surface area contributed by atoms with Crippen molar-refractivity contribution >= 4 is 19.8 Å².